The van der Waals surface area contributed by atoms with Gasteiger partial charge in [-0.15, -0.1) is 0 Å². The first-order valence-corrected chi connectivity index (χ1v) is 6.25. The average Bonchev–Trinajstić information content (AvgIpc) is 2.41. The molecule has 1 aromatic carbocycles. The summed E-state index contributed by atoms with van der Waals surface area (Å²) < 4.78 is 6.63. The van der Waals surface area contributed by atoms with Crippen LogP contribution in [0.15, 0.2) is 47.1 Å². The van der Waals surface area contributed by atoms with Crippen LogP contribution in [-0.4, -0.2) is 4.98 Å². The number of ether oxygens (including phenoxy) is 1. The third-order valence-electron chi connectivity index (χ3n) is 2.47. The lowest BCUT2D eigenvalue weighted by Crippen LogP contribution is -1.98. The Kier molecular flexibility index (Phi) is 4.46. The zero-order valence-corrected chi connectivity index (χ0v) is 11.2. The molecule has 0 saturated heterocycles. The Morgan fingerprint density at radius 3 is 2.61 bits per heavy atom. The molecule has 90 valence electrons. The van der Waals surface area contributed by atoms with E-state index in [0.29, 0.717) is 18.9 Å². The minimum absolute atomic E-state index is 0.387. The number of benzene rings is 1. The van der Waals surface area contributed by atoms with Crippen LogP contribution in [0, 0.1) is 11.3 Å². The Morgan fingerprint density at radius 1 is 1.11 bits per heavy atom. The highest BCUT2D eigenvalue weighted by Gasteiger charge is 2.03. The third-order valence-corrected chi connectivity index (χ3v) is 3.24. The topological polar surface area (TPSA) is 45.9 Å². The quantitative estimate of drug-likeness (QED) is 0.869. The maximum Gasteiger partial charge on any atom is 0.145 e. The first kappa shape index (κ1) is 12.7. The minimum Gasteiger partial charge on any atom is -0.372 e. The normalized spacial score (nSPS) is 10.0. The van der Waals surface area contributed by atoms with Crippen LogP contribution in [-0.2, 0) is 18.0 Å². The smallest absolute Gasteiger partial charge is 0.145 e. The molecule has 0 aliphatic heterocycles. The first-order valence-electron chi connectivity index (χ1n) is 5.46. The summed E-state index contributed by atoms with van der Waals surface area (Å²) >= 11 is 3.47. The Hall–Kier alpha value is -1.70. The van der Waals surface area contributed by atoms with Gasteiger partial charge in [0.25, 0.3) is 0 Å². The average molecular weight is 303 g/mol. The van der Waals surface area contributed by atoms with Crippen molar-refractivity contribution < 1.29 is 4.74 Å². The van der Waals surface area contributed by atoms with E-state index in [4.69, 9.17) is 10.00 Å². The summed E-state index contributed by atoms with van der Waals surface area (Å²) in [6, 6.07) is 13.6. The van der Waals surface area contributed by atoms with Crippen LogP contribution >= 0.6 is 15.9 Å². The predicted molar refractivity (Wildman–Crippen MR) is 71.6 cm³/mol. The highest BCUT2D eigenvalue weighted by atomic mass is 79.9. The molecule has 0 fully saturated rings. The Bertz CT molecular complexity index is 578. The molecule has 0 saturated carbocycles. The van der Waals surface area contributed by atoms with Crippen molar-refractivity contribution in [2.75, 3.05) is 0 Å². The molecule has 3 nitrogen and oxygen atoms in total. The maximum atomic E-state index is 8.90. The summed E-state index contributed by atoms with van der Waals surface area (Å²) in [4.78, 5) is 3.99. The molecule has 18 heavy (non-hydrogen) atoms. The molecule has 0 radical (unpaired) electrons. The zero-order chi connectivity index (χ0) is 12.8. The number of hydrogen-bond donors (Lipinski definition) is 0. The molecule has 0 unspecified atom stereocenters. The Balaban J connectivity index is 1.97. The molecule has 0 amide bonds. The lowest BCUT2D eigenvalue weighted by Gasteiger charge is -2.07. The fraction of sp³-hybridized carbons (Fsp3) is 0.143. The molecule has 0 N–H and O–H groups in total. The molecule has 2 aromatic rings. The van der Waals surface area contributed by atoms with Gasteiger partial charge in [-0.05, 0) is 17.7 Å². The van der Waals surface area contributed by atoms with Crippen LogP contribution in [0.5, 0.6) is 0 Å². The number of pyridine rings is 1. The molecule has 0 aliphatic rings. The van der Waals surface area contributed by atoms with Gasteiger partial charge < -0.3 is 4.74 Å². The van der Waals surface area contributed by atoms with Gasteiger partial charge in [-0.25, -0.2) is 4.98 Å². The van der Waals surface area contributed by atoms with Gasteiger partial charge in [0.1, 0.15) is 11.8 Å². The van der Waals surface area contributed by atoms with Gasteiger partial charge >= 0.3 is 0 Å². The van der Waals surface area contributed by atoms with Gasteiger partial charge in [0.15, 0.2) is 0 Å². The van der Waals surface area contributed by atoms with Crippen molar-refractivity contribution in [1.29, 1.82) is 5.26 Å². The number of halogens is 1. The second-order valence-electron chi connectivity index (χ2n) is 3.71. The highest BCUT2D eigenvalue weighted by Crippen LogP contribution is 2.17. The number of aromatic nitrogens is 1. The fourth-order valence-corrected chi connectivity index (χ4v) is 1.94. The summed E-state index contributed by atoms with van der Waals surface area (Å²) in [5, 5.41) is 8.90. The molecule has 4 heteroatoms. The van der Waals surface area contributed by atoms with E-state index in [1.165, 1.54) is 0 Å². The van der Waals surface area contributed by atoms with Crippen molar-refractivity contribution in [3.63, 3.8) is 0 Å². The zero-order valence-electron chi connectivity index (χ0n) is 9.64. The van der Waals surface area contributed by atoms with Crippen molar-refractivity contribution in [2.24, 2.45) is 0 Å². The molecule has 1 aromatic heterocycles. The number of nitriles is 1. The number of nitrogens with zero attached hydrogens (tertiary/aromatic N) is 2. The van der Waals surface area contributed by atoms with E-state index >= 15 is 0 Å². The second-order valence-corrected chi connectivity index (χ2v) is 4.56. The van der Waals surface area contributed by atoms with Crippen molar-refractivity contribution in [1.82, 2.24) is 4.98 Å². The molecular formula is C14H11BrN2O. The van der Waals surface area contributed by atoms with Crippen LogP contribution in [0.4, 0.5) is 0 Å². The molecule has 0 atom stereocenters. The van der Waals surface area contributed by atoms with Gasteiger partial charge in [0.05, 0.1) is 13.2 Å². The minimum atomic E-state index is 0.387. The summed E-state index contributed by atoms with van der Waals surface area (Å²) in [5.41, 5.74) is 2.32. The molecular weight excluding hydrogens is 292 g/mol. The standard InChI is InChI=1S/C14H11BrN2O/c15-13-6-2-1-4-11(13)9-18-10-12-5-3-7-17-14(12)8-16/h1-7H,9-10H2. The van der Waals surface area contributed by atoms with Crippen LogP contribution in [0.25, 0.3) is 0 Å². The number of hydrogen-bond acceptors (Lipinski definition) is 3. The van der Waals surface area contributed by atoms with E-state index in [1.807, 2.05) is 30.3 Å². The van der Waals surface area contributed by atoms with Crippen LogP contribution < -0.4 is 0 Å². The van der Waals surface area contributed by atoms with Crippen LogP contribution in [0.1, 0.15) is 16.8 Å². The summed E-state index contributed by atoms with van der Waals surface area (Å²) in [7, 11) is 0. The maximum absolute atomic E-state index is 8.90. The van der Waals surface area contributed by atoms with Gasteiger partial charge in [-0.3, -0.25) is 0 Å². The van der Waals surface area contributed by atoms with Crippen molar-refractivity contribution >= 4 is 15.9 Å². The molecule has 0 spiro atoms. The predicted octanol–water partition coefficient (Wildman–Crippen LogP) is 3.43. The van der Waals surface area contributed by atoms with E-state index in [-0.39, 0.29) is 0 Å². The SMILES string of the molecule is N#Cc1ncccc1COCc1ccccc1Br. The van der Waals surface area contributed by atoms with E-state index in [2.05, 4.69) is 27.0 Å². The summed E-state index contributed by atoms with van der Waals surface area (Å²) in [6.07, 6.45) is 1.61. The van der Waals surface area contributed by atoms with E-state index in [0.717, 1.165) is 15.6 Å². The second kappa shape index (κ2) is 6.29. The van der Waals surface area contributed by atoms with Gasteiger partial charge in [0, 0.05) is 16.2 Å². The third kappa shape index (κ3) is 3.16. The van der Waals surface area contributed by atoms with Crippen molar-refractivity contribution in [3.8, 4) is 6.07 Å². The van der Waals surface area contributed by atoms with Crippen molar-refractivity contribution in [3.05, 3.63) is 63.9 Å². The van der Waals surface area contributed by atoms with Crippen LogP contribution in [0.3, 0.4) is 0 Å². The lowest BCUT2D eigenvalue weighted by molar-refractivity contribution is 0.106. The largest absolute Gasteiger partial charge is 0.372 e. The van der Waals surface area contributed by atoms with E-state index in [1.54, 1.807) is 12.3 Å². The Morgan fingerprint density at radius 2 is 1.83 bits per heavy atom. The molecule has 0 aliphatic carbocycles. The molecule has 1 heterocycles. The lowest BCUT2D eigenvalue weighted by atomic mass is 10.2. The van der Waals surface area contributed by atoms with Gasteiger partial charge in [-0.1, -0.05) is 40.2 Å². The van der Waals surface area contributed by atoms with Crippen LogP contribution in [0.2, 0.25) is 0 Å². The van der Waals surface area contributed by atoms with Crippen molar-refractivity contribution in [2.45, 2.75) is 13.2 Å². The fourth-order valence-electron chi connectivity index (χ4n) is 1.54. The Labute approximate surface area is 114 Å². The molecule has 2 rings (SSSR count). The molecule has 0 bridgehead atoms. The monoisotopic (exact) mass is 302 g/mol. The summed E-state index contributed by atoms with van der Waals surface area (Å²) in [5.74, 6) is 0. The van der Waals surface area contributed by atoms with Gasteiger partial charge in [-0.2, -0.15) is 5.26 Å². The number of rotatable bonds is 4. The van der Waals surface area contributed by atoms with Gasteiger partial charge in [0.2, 0.25) is 0 Å². The van der Waals surface area contributed by atoms with E-state index < -0.39 is 0 Å². The first-order chi connectivity index (χ1) is 8.81. The van der Waals surface area contributed by atoms with E-state index in [9.17, 15) is 0 Å². The highest BCUT2D eigenvalue weighted by molar-refractivity contribution is 9.10. The summed E-state index contributed by atoms with van der Waals surface area (Å²) in [6.45, 7) is 0.888.